The zero-order valence-corrected chi connectivity index (χ0v) is 11.8. The molecule has 0 aromatic carbocycles. The van der Waals surface area contributed by atoms with Crippen LogP contribution >= 0.6 is 11.8 Å². The lowest BCUT2D eigenvalue weighted by atomic mass is 10.00. The van der Waals surface area contributed by atoms with E-state index in [1.165, 1.54) is 19.3 Å². The van der Waals surface area contributed by atoms with Crippen molar-refractivity contribution in [2.45, 2.75) is 50.9 Å². The fourth-order valence-electron chi connectivity index (χ4n) is 2.58. The molecule has 0 bridgehead atoms. The Kier molecular flexibility index (Phi) is 5.16. The molecule has 1 N–H and O–H groups in total. The Hall–Kier alpha value is -0.220. The number of hydrogen-bond acceptors (Lipinski definition) is 4. The molecule has 1 fully saturated rings. The van der Waals surface area contributed by atoms with E-state index in [4.69, 9.17) is 4.74 Å². The highest BCUT2D eigenvalue weighted by molar-refractivity contribution is 8.14. The van der Waals surface area contributed by atoms with Crippen molar-refractivity contribution in [3.63, 3.8) is 0 Å². The number of hydrogen-bond donors (Lipinski definition) is 1. The van der Waals surface area contributed by atoms with Crippen LogP contribution in [0.4, 0.5) is 0 Å². The topological polar surface area (TPSA) is 33.6 Å². The van der Waals surface area contributed by atoms with Crippen LogP contribution in [0.15, 0.2) is 4.99 Å². The smallest absolute Gasteiger partial charge is 0.156 e. The van der Waals surface area contributed by atoms with E-state index in [0.717, 1.165) is 31.3 Å². The molecule has 1 saturated heterocycles. The summed E-state index contributed by atoms with van der Waals surface area (Å²) >= 11 is 1.93. The first-order valence-electron chi connectivity index (χ1n) is 6.90. The molecule has 2 rings (SSSR count). The molecule has 0 amide bonds. The summed E-state index contributed by atoms with van der Waals surface area (Å²) in [6.45, 7) is 7.42. The van der Waals surface area contributed by atoms with Crippen LogP contribution in [0.5, 0.6) is 0 Å². The van der Waals surface area contributed by atoms with Gasteiger partial charge in [-0.05, 0) is 19.3 Å². The number of nitrogens with one attached hydrogen (secondary N) is 1. The number of nitrogens with zero attached hydrogens (tertiary/aromatic N) is 1. The van der Waals surface area contributed by atoms with Crippen molar-refractivity contribution >= 4 is 16.9 Å². The average Bonchev–Trinajstić information content (AvgIpc) is 2.95. The Morgan fingerprint density at radius 1 is 1.47 bits per heavy atom. The minimum atomic E-state index is 0.459. The van der Waals surface area contributed by atoms with Gasteiger partial charge >= 0.3 is 0 Å². The molecule has 98 valence electrons. The number of aliphatic imine (C=N–C) groups is 1. The van der Waals surface area contributed by atoms with Gasteiger partial charge in [-0.1, -0.05) is 32.0 Å². The van der Waals surface area contributed by atoms with E-state index in [0.29, 0.717) is 17.3 Å². The molecule has 0 radical (unpaired) electrons. The fraction of sp³-hybridized carbons (Fsp3) is 0.923. The van der Waals surface area contributed by atoms with Crippen molar-refractivity contribution in [3.8, 4) is 0 Å². The van der Waals surface area contributed by atoms with E-state index < -0.39 is 0 Å². The summed E-state index contributed by atoms with van der Waals surface area (Å²) in [5.74, 6) is 0.675. The van der Waals surface area contributed by atoms with Crippen LogP contribution in [0.3, 0.4) is 0 Å². The second-order valence-corrected chi connectivity index (χ2v) is 6.21. The number of thioether (sulfide) groups is 1. The molecule has 2 heterocycles. The first-order chi connectivity index (χ1) is 8.33. The number of rotatable bonds is 5. The molecular formula is C13H24N2OS. The third-order valence-corrected chi connectivity index (χ3v) is 4.81. The summed E-state index contributed by atoms with van der Waals surface area (Å²) in [5.41, 5.74) is 0. The molecule has 17 heavy (non-hydrogen) atoms. The molecule has 3 atom stereocenters. The van der Waals surface area contributed by atoms with E-state index in [1.54, 1.807) is 0 Å². The summed E-state index contributed by atoms with van der Waals surface area (Å²) in [6, 6.07) is 0. The van der Waals surface area contributed by atoms with Gasteiger partial charge in [-0.3, -0.25) is 4.99 Å². The van der Waals surface area contributed by atoms with Crippen molar-refractivity contribution in [1.82, 2.24) is 5.32 Å². The highest BCUT2D eigenvalue weighted by Gasteiger charge is 2.27. The van der Waals surface area contributed by atoms with E-state index >= 15 is 0 Å². The fourth-order valence-corrected chi connectivity index (χ4v) is 3.72. The maximum atomic E-state index is 5.70. The van der Waals surface area contributed by atoms with Gasteiger partial charge in [-0.2, -0.15) is 0 Å². The third-order valence-electron chi connectivity index (χ3n) is 3.59. The second kappa shape index (κ2) is 6.64. The van der Waals surface area contributed by atoms with Crippen molar-refractivity contribution in [2.24, 2.45) is 10.9 Å². The molecule has 0 aromatic rings. The van der Waals surface area contributed by atoms with Crippen molar-refractivity contribution in [2.75, 3.05) is 19.7 Å². The largest absolute Gasteiger partial charge is 0.378 e. The molecule has 0 saturated carbocycles. The first kappa shape index (κ1) is 13.2. The van der Waals surface area contributed by atoms with Gasteiger partial charge in [-0.15, -0.1) is 0 Å². The van der Waals surface area contributed by atoms with E-state index in [9.17, 15) is 0 Å². The Morgan fingerprint density at radius 3 is 3.12 bits per heavy atom. The molecular weight excluding hydrogens is 232 g/mol. The molecule has 4 heteroatoms. The molecule has 2 aliphatic rings. The third kappa shape index (κ3) is 3.62. The van der Waals surface area contributed by atoms with Crippen LogP contribution in [0.2, 0.25) is 0 Å². The molecule has 0 spiro atoms. The summed E-state index contributed by atoms with van der Waals surface area (Å²) in [7, 11) is 0. The lowest BCUT2D eigenvalue weighted by molar-refractivity contribution is 0.0883. The van der Waals surface area contributed by atoms with Crippen molar-refractivity contribution in [3.05, 3.63) is 0 Å². The predicted molar refractivity (Wildman–Crippen MR) is 74.7 cm³/mol. The molecule has 0 aromatic heterocycles. The van der Waals surface area contributed by atoms with Gasteiger partial charge in [0.1, 0.15) is 0 Å². The zero-order chi connectivity index (χ0) is 12.1. The van der Waals surface area contributed by atoms with Gasteiger partial charge < -0.3 is 10.1 Å². The van der Waals surface area contributed by atoms with Crippen LogP contribution in [0.1, 0.15) is 39.5 Å². The average molecular weight is 256 g/mol. The van der Waals surface area contributed by atoms with Crippen LogP contribution in [-0.4, -0.2) is 36.2 Å². The van der Waals surface area contributed by atoms with Crippen molar-refractivity contribution < 1.29 is 4.74 Å². The van der Waals surface area contributed by atoms with Crippen LogP contribution in [0, 0.1) is 5.92 Å². The highest BCUT2D eigenvalue weighted by Crippen LogP contribution is 2.25. The van der Waals surface area contributed by atoms with Crippen LogP contribution in [-0.2, 0) is 4.74 Å². The molecule has 3 unspecified atom stereocenters. The maximum Gasteiger partial charge on any atom is 0.156 e. The van der Waals surface area contributed by atoms with Gasteiger partial charge in [0.05, 0.1) is 12.6 Å². The number of ether oxygens (including phenoxy) is 1. The lowest BCUT2D eigenvalue weighted by Crippen LogP contribution is -2.30. The monoisotopic (exact) mass is 256 g/mol. The highest BCUT2D eigenvalue weighted by atomic mass is 32.2. The van der Waals surface area contributed by atoms with Crippen LogP contribution in [0.25, 0.3) is 0 Å². The lowest BCUT2D eigenvalue weighted by Gasteiger charge is -2.17. The minimum Gasteiger partial charge on any atom is -0.378 e. The van der Waals surface area contributed by atoms with Crippen molar-refractivity contribution in [1.29, 1.82) is 0 Å². The van der Waals surface area contributed by atoms with Gasteiger partial charge in [0.2, 0.25) is 0 Å². The van der Waals surface area contributed by atoms with Gasteiger partial charge in [-0.25, -0.2) is 0 Å². The standard InChI is InChI=1S/C13H24N2OS/c1-3-5-11-9-15-13(17-11)14-8-10-6-7-16-12(10)4-2/h10-12H,3-9H2,1-2H3,(H,14,15). The van der Waals surface area contributed by atoms with E-state index in [1.807, 2.05) is 11.8 Å². The SMILES string of the molecule is CCCC1CN=C(NCC2CCOC2CC)S1. The molecule has 3 nitrogen and oxygen atoms in total. The van der Waals surface area contributed by atoms with Gasteiger partial charge in [0, 0.05) is 24.3 Å². The Bertz CT molecular complexity index is 270. The summed E-state index contributed by atoms with van der Waals surface area (Å²) in [4.78, 5) is 4.58. The van der Waals surface area contributed by atoms with Crippen LogP contribution < -0.4 is 5.32 Å². The first-order valence-corrected chi connectivity index (χ1v) is 7.78. The normalized spacial score (nSPS) is 32.8. The predicted octanol–water partition coefficient (Wildman–Crippen LogP) is 2.66. The maximum absolute atomic E-state index is 5.70. The second-order valence-electron chi connectivity index (χ2n) is 4.92. The molecule has 0 aliphatic carbocycles. The van der Waals surface area contributed by atoms with Gasteiger partial charge in [0.25, 0.3) is 0 Å². The summed E-state index contributed by atoms with van der Waals surface area (Å²) < 4.78 is 5.70. The summed E-state index contributed by atoms with van der Waals surface area (Å²) in [5, 5.41) is 5.38. The zero-order valence-electron chi connectivity index (χ0n) is 10.9. The summed E-state index contributed by atoms with van der Waals surface area (Å²) in [6.07, 6.45) is 5.32. The Balaban J connectivity index is 1.69. The van der Waals surface area contributed by atoms with E-state index in [2.05, 4.69) is 24.2 Å². The van der Waals surface area contributed by atoms with Gasteiger partial charge in [0.15, 0.2) is 5.17 Å². The molecule has 2 aliphatic heterocycles. The van der Waals surface area contributed by atoms with E-state index in [-0.39, 0.29) is 0 Å². The Morgan fingerprint density at radius 2 is 2.35 bits per heavy atom. The quantitative estimate of drug-likeness (QED) is 0.821. The minimum absolute atomic E-state index is 0.459. The Labute approximate surface area is 109 Å². The number of amidine groups is 1.